The van der Waals surface area contributed by atoms with Crippen LogP contribution in [0.2, 0.25) is 0 Å². The molecule has 19 heavy (non-hydrogen) atoms. The van der Waals surface area contributed by atoms with Crippen molar-refractivity contribution in [2.75, 3.05) is 13.2 Å². The Hall–Kier alpha value is -1.99. The van der Waals surface area contributed by atoms with Gasteiger partial charge < -0.3 is 15.7 Å². The van der Waals surface area contributed by atoms with Gasteiger partial charge >= 0.3 is 6.03 Å². The van der Waals surface area contributed by atoms with E-state index in [1.54, 1.807) is 0 Å². The number of carbonyl (C=O) groups is 1. The Labute approximate surface area is 114 Å². The fourth-order valence-corrected chi connectivity index (χ4v) is 1.60. The second-order valence-corrected chi connectivity index (χ2v) is 4.21. The highest BCUT2D eigenvalue weighted by Crippen LogP contribution is 2.13. The summed E-state index contributed by atoms with van der Waals surface area (Å²) in [6, 6.07) is 7.35. The number of hydrogen-bond donors (Lipinski definition) is 3. The first-order chi connectivity index (χ1) is 9.17. The Morgan fingerprint density at radius 1 is 1.47 bits per heavy atom. The van der Waals surface area contributed by atoms with Crippen LogP contribution in [-0.4, -0.2) is 24.3 Å². The van der Waals surface area contributed by atoms with Crippen LogP contribution in [0.15, 0.2) is 24.3 Å². The smallest absolute Gasteiger partial charge is 0.315 e. The van der Waals surface area contributed by atoms with Crippen LogP contribution in [0, 0.1) is 11.8 Å². The number of aliphatic hydroxyl groups is 1. The van der Waals surface area contributed by atoms with Gasteiger partial charge in [0.25, 0.3) is 0 Å². The van der Waals surface area contributed by atoms with E-state index >= 15 is 0 Å². The largest absolute Gasteiger partial charge is 0.384 e. The number of rotatable bonds is 4. The third-order valence-corrected chi connectivity index (χ3v) is 2.58. The normalized spacial score (nSPS) is 11.1. The summed E-state index contributed by atoms with van der Waals surface area (Å²) in [7, 11) is 0. The molecule has 1 rings (SSSR count). The van der Waals surface area contributed by atoms with Gasteiger partial charge in [0.15, 0.2) is 0 Å². The van der Waals surface area contributed by atoms with Crippen molar-refractivity contribution in [2.24, 2.45) is 0 Å². The van der Waals surface area contributed by atoms with E-state index in [1.165, 1.54) is 0 Å². The summed E-state index contributed by atoms with van der Waals surface area (Å²) in [6.45, 7) is 4.44. The third kappa shape index (κ3) is 5.45. The molecule has 0 aliphatic carbocycles. The standard InChI is InChI=1S/C15H20N2O2/c1-3-9-16-15(19)17-12(2)14-8-4-6-13(11-14)7-5-10-18/h4,6,8,11-12,18H,3,9-10H2,1-2H3,(H2,16,17,19). The van der Waals surface area contributed by atoms with Gasteiger partial charge in [-0.25, -0.2) is 4.79 Å². The van der Waals surface area contributed by atoms with Crippen molar-refractivity contribution in [3.8, 4) is 11.8 Å². The molecule has 3 N–H and O–H groups in total. The Morgan fingerprint density at radius 3 is 2.95 bits per heavy atom. The van der Waals surface area contributed by atoms with Gasteiger partial charge in [0.05, 0.1) is 6.04 Å². The van der Waals surface area contributed by atoms with Crippen LogP contribution in [0.3, 0.4) is 0 Å². The second kappa shape index (κ2) is 8.17. The summed E-state index contributed by atoms with van der Waals surface area (Å²) in [6.07, 6.45) is 0.911. The van der Waals surface area contributed by atoms with Crippen molar-refractivity contribution in [1.82, 2.24) is 10.6 Å². The van der Waals surface area contributed by atoms with Gasteiger partial charge in [0.2, 0.25) is 0 Å². The first kappa shape index (κ1) is 15.1. The fraction of sp³-hybridized carbons (Fsp3) is 0.400. The maximum atomic E-state index is 11.6. The lowest BCUT2D eigenvalue weighted by molar-refractivity contribution is 0.238. The van der Waals surface area contributed by atoms with Crippen LogP contribution in [-0.2, 0) is 0 Å². The second-order valence-electron chi connectivity index (χ2n) is 4.21. The summed E-state index contributed by atoms with van der Waals surface area (Å²) in [4.78, 5) is 11.6. The molecule has 0 fully saturated rings. The minimum absolute atomic E-state index is 0.0901. The zero-order valence-electron chi connectivity index (χ0n) is 11.4. The highest BCUT2D eigenvalue weighted by Gasteiger charge is 2.08. The molecule has 0 radical (unpaired) electrons. The van der Waals surface area contributed by atoms with Gasteiger partial charge in [-0.2, -0.15) is 0 Å². The van der Waals surface area contributed by atoms with Crippen molar-refractivity contribution in [2.45, 2.75) is 26.3 Å². The molecule has 0 aliphatic rings. The number of hydrogen-bond acceptors (Lipinski definition) is 2. The summed E-state index contributed by atoms with van der Waals surface area (Å²) in [5, 5.41) is 14.3. The maximum Gasteiger partial charge on any atom is 0.315 e. The monoisotopic (exact) mass is 260 g/mol. The molecular formula is C15H20N2O2. The molecule has 0 saturated carbocycles. The molecule has 1 aromatic carbocycles. The van der Waals surface area contributed by atoms with Crippen LogP contribution in [0.1, 0.15) is 37.4 Å². The number of amides is 2. The Kier molecular flexibility index (Phi) is 6.48. The molecule has 1 aromatic rings. The Balaban J connectivity index is 2.66. The van der Waals surface area contributed by atoms with Crippen molar-refractivity contribution in [1.29, 1.82) is 0 Å². The van der Waals surface area contributed by atoms with Gasteiger partial charge in [-0.05, 0) is 31.0 Å². The first-order valence-electron chi connectivity index (χ1n) is 6.41. The molecular weight excluding hydrogens is 240 g/mol. The third-order valence-electron chi connectivity index (χ3n) is 2.58. The molecule has 1 atom stereocenters. The Morgan fingerprint density at radius 2 is 2.26 bits per heavy atom. The minimum atomic E-state index is -0.166. The average Bonchev–Trinajstić information content (AvgIpc) is 2.43. The molecule has 0 aliphatic heterocycles. The lowest BCUT2D eigenvalue weighted by atomic mass is 10.1. The number of nitrogens with one attached hydrogen (secondary N) is 2. The summed E-state index contributed by atoms with van der Waals surface area (Å²) in [5.74, 6) is 5.45. The zero-order chi connectivity index (χ0) is 14.1. The molecule has 1 unspecified atom stereocenters. The number of urea groups is 1. The predicted molar refractivity (Wildman–Crippen MR) is 75.6 cm³/mol. The summed E-state index contributed by atoms with van der Waals surface area (Å²) in [5.41, 5.74) is 1.81. The van der Waals surface area contributed by atoms with Crippen molar-refractivity contribution in [3.05, 3.63) is 35.4 Å². The van der Waals surface area contributed by atoms with E-state index < -0.39 is 0 Å². The van der Waals surface area contributed by atoms with Crippen molar-refractivity contribution in [3.63, 3.8) is 0 Å². The van der Waals surface area contributed by atoms with Crippen LogP contribution in [0.4, 0.5) is 4.79 Å². The molecule has 4 nitrogen and oxygen atoms in total. The van der Waals surface area contributed by atoms with Gasteiger partial charge in [-0.3, -0.25) is 0 Å². The quantitative estimate of drug-likeness (QED) is 0.723. The summed E-state index contributed by atoms with van der Waals surface area (Å²) >= 11 is 0. The maximum absolute atomic E-state index is 11.6. The zero-order valence-corrected chi connectivity index (χ0v) is 11.4. The van der Waals surface area contributed by atoms with Crippen molar-refractivity contribution < 1.29 is 9.90 Å². The van der Waals surface area contributed by atoms with Crippen LogP contribution >= 0.6 is 0 Å². The highest BCUT2D eigenvalue weighted by molar-refractivity contribution is 5.74. The molecule has 0 spiro atoms. The number of benzene rings is 1. The SMILES string of the molecule is CCCNC(=O)NC(C)c1cccc(C#CCO)c1. The van der Waals surface area contributed by atoms with E-state index in [0.29, 0.717) is 6.54 Å². The molecule has 0 aromatic heterocycles. The first-order valence-corrected chi connectivity index (χ1v) is 6.41. The van der Waals surface area contributed by atoms with E-state index in [4.69, 9.17) is 5.11 Å². The summed E-state index contributed by atoms with van der Waals surface area (Å²) < 4.78 is 0. The minimum Gasteiger partial charge on any atom is -0.384 e. The van der Waals surface area contributed by atoms with Gasteiger partial charge in [-0.1, -0.05) is 30.9 Å². The van der Waals surface area contributed by atoms with Gasteiger partial charge in [0.1, 0.15) is 6.61 Å². The van der Waals surface area contributed by atoms with E-state index in [-0.39, 0.29) is 18.7 Å². The van der Waals surface area contributed by atoms with Gasteiger partial charge in [0, 0.05) is 12.1 Å². The molecule has 102 valence electrons. The van der Waals surface area contributed by atoms with E-state index in [1.807, 2.05) is 38.1 Å². The number of aliphatic hydroxyl groups excluding tert-OH is 1. The van der Waals surface area contributed by atoms with Crippen molar-refractivity contribution >= 4 is 6.03 Å². The lowest BCUT2D eigenvalue weighted by Crippen LogP contribution is -2.37. The van der Waals surface area contributed by atoms with Crippen LogP contribution in [0.5, 0.6) is 0 Å². The molecule has 4 heteroatoms. The van der Waals surface area contributed by atoms with E-state index in [0.717, 1.165) is 17.5 Å². The number of carbonyl (C=O) groups excluding carboxylic acids is 1. The Bertz CT molecular complexity index is 475. The fourth-order valence-electron chi connectivity index (χ4n) is 1.60. The predicted octanol–water partition coefficient (Wildman–Crippen LogP) is 1.80. The van der Waals surface area contributed by atoms with Gasteiger partial charge in [-0.15, -0.1) is 0 Å². The molecule has 0 saturated heterocycles. The van der Waals surface area contributed by atoms with E-state index in [9.17, 15) is 4.79 Å². The molecule has 0 heterocycles. The molecule has 0 bridgehead atoms. The van der Waals surface area contributed by atoms with E-state index in [2.05, 4.69) is 22.5 Å². The van der Waals surface area contributed by atoms with Crippen LogP contribution < -0.4 is 10.6 Å². The average molecular weight is 260 g/mol. The topological polar surface area (TPSA) is 61.4 Å². The highest BCUT2D eigenvalue weighted by atomic mass is 16.2. The molecule has 2 amide bonds. The van der Waals surface area contributed by atoms with Crippen LogP contribution in [0.25, 0.3) is 0 Å². The lowest BCUT2D eigenvalue weighted by Gasteiger charge is -2.15.